The normalized spacial score (nSPS) is 11.3. The molecule has 7 heteroatoms. The van der Waals surface area contributed by atoms with Crippen LogP contribution in [-0.4, -0.2) is 34.1 Å². The molecule has 7 nitrogen and oxygen atoms in total. The highest BCUT2D eigenvalue weighted by Crippen LogP contribution is 2.18. The Morgan fingerprint density at radius 2 is 2.04 bits per heavy atom. The van der Waals surface area contributed by atoms with E-state index in [1.54, 1.807) is 6.20 Å². The number of nitrogens with one attached hydrogen (secondary N) is 2. The van der Waals surface area contributed by atoms with Gasteiger partial charge in [0, 0.05) is 37.5 Å². The van der Waals surface area contributed by atoms with Crippen LogP contribution in [0.4, 0.5) is 5.82 Å². The summed E-state index contributed by atoms with van der Waals surface area (Å²) in [6.07, 6.45) is 4.38. The molecule has 2 aromatic heterocycles. The summed E-state index contributed by atoms with van der Waals surface area (Å²) in [5.74, 6) is 2.20. The van der Waals surface area contributed by atoms with Gasteiger partial charge in [-0.1, -0.05) is 32.0 Å². The number of hydrogen-bond acceptors (Lipinski definition) is 6. The van der Waals surface area contributed by atoms with Gasteiger partial charge in [-0.25, -0.2) is 4.98 Å². The average Bonchev–Trinajstić information content (AvgIpc) is 3.05. The third-order valence-electron chi connectivity index (χ3n) is 3.58. The van der Waals surface area contributed by atoms with Crippen molar-refractivity contribution in [2.45, 2.75) is 51.9 Å². The lowest BCUT2D eigenvalue weighted by atomic mass is 9.96. The van der Waals surface area contributed by atoms with Crippen LogP contribution in [0.15, 0.2) is 28.9 Å². The summed E-state index contributed by atoms with van der Waals surface area (Å²) in [6.45, 7) is 7.54. The predicted molar refractivity (Wildman–Crippen MR) is 96.3 cm³/mol. The number of hydrogen-bond donors (Lipinski definition) is 2. The fourth-order valence-electron chi connectivity index (χ4n) is 2.15. The number of carbonyl (C=O) groups excluding carboxylic acids is 1. The van der Waals surface area contributed by atoms with Crippen LogP contribution < -0.4 is 10.6 Å². The third-order valence-corrected chi connectivity index (χ3v) is 3.58. The Morgan fingerprint density at radius 1 is 1.20 bits per heavy atom. The van der Waals surface area contributed by atoms with Crippen LogP contribution in [0.1, 0.15) is 51.7 Å². The van der Waals surface area contributed by atoms with Crippen LogP contribution in [0.25, 0.3) is 0 Å². The van der Waals surface area contributed by atoms with Crippen molar-refractivity contribution in [2.75, 3.05) is 18.4 Å². The minimum Gasteiger partial charge on any atom is -0.370 e. The summed E-state index contributed by atoms with van der Waals surface area (Å²) in [6, 6.07) is 5.73. The van der Waals surface area contributed by atoms with E-state index in [9.17, 15) is 4.79 Å². The highest BCUT2D eigenvalue weighted by atomic mass is 16.5. The molecule has 136 valence electrons. The van der Waals surface area contributed by atoms with Crippen LogP contribution >= 0.6 is 0 Å². The van der Waals surface area contributed by atoms with Crippen molar-refractivity contribution in [3.8, 4) is 0 Å². The lowest BCUT2D eigenvalue weighted by molar-refractivity contribution is -0.121. The molecule has 0 aliphatic rings. The SMILES string of the molecule is CC(C)(C)c1noc(CCCC(=O)NCCCNc2ccccn2)n1. The standard InChI is InChI=1S/C18H27N5O2/c1-18(2,3)17-22-16(25-23-17)10-6-9-15(24)21-13-7-12-20-14-8-4-5-11-19-14/h4-5,8,11H,6-7,9-10,12-13H2,1-3H3,(H,19,20)(H,21,24). The average molecular weight is 345 g/mol. The van der Waals surface area contributed by atoms with E-state index in [1.807, 2.05) is 39.0 Å². The second kappa shape index (κ2) is 9.15. The van der Waals surface area contributed by atoms with Gasteiger partial charge < -0.3 is 15.2 Å². The van der Waals surface area contributed by atoms with Gasteiger partial charge in [-0.15, -0.1) is 0 Å². The number of aromatic nitrogens is 3. The molecule has 25 heavy (non-hydrogen) atoms. The van der Waals surface area contributed by atoms with Gasteiger partial charge in [0.05, 0.1) is 0 Å². The predicted octanol–water partition coefficient (Wildman–Crippen LogP) is 2.70. The largest absolute Gasteiger partial charge is 0.370 e. The van der Waals surface area contributed by atoms with Gasteiger partial charge in [-0.05, 0) is 25.0 Å². The van der Waals surface area contributed by atoms with Crippen molar-refractivity contribution in [1.82, 2.24) is 20.4 Å². The van der Waals surface area contributed by atoms with Crippen LogP contribution in [0.2, 0.25) is 0 Å². The summed E-state index contributed by atoms with van der Waals surface area (Å²) in [4.78, 5) is 20.4. The smallest absolute Gasteiger partial charge is 0.226 e. The number of anilines is 1. The molecule has 0 radical (unpaired) electrons. The molecule has 0 atom stereocenters. The third kappa shape index (κ3) is 6.91. The molecule has 2 aromatic rings. The molecule has 0 aliphatic carbocycles. The van der Waals surface area contributed by atoms with Crippen LogP contribution in [0, 0.1) is 0 Å². The zero-order valence-corrected chi connectivity index (χ0v) is 15.2. The quantitative estimate of drug-likeness (QED) is 0.679. The first-order chi connectivity index (χ1) is 11.9. The van der Waals surface area contributed by atoms with Crippen LogP contribution in [0.3, 0.4) is 0 Å². The summed E-state index contributed by atoms with van der Waals surface area (Å²) >= 11 is 0. The Balaban J connectivity index is 1.54. The topological polar surface area (TPSA) is 92.9 Å². The zero-order valence-electron chi connectivity index (χ0n) is 15.2. The lowest BCUT2D eigenvalue weighted by Gasteiger charge is -2.10. The summed E-state index contributed by atoms with van der Waals surface area (Å²) < 4.78 is 5.22. The number of rotatable bonds is 9. The number of pyridine rings is 1. The van der Waals surface area contributed by atoms with E-state index in [0.29, 0.717) is 37.5 Å². The fourth-order valence-corrected chi connectivity index (χ4v) is 2.15. The molecule has 0 spiro atoms. The van der Waals surface area contributed by atoms with Crippen molar-refractivity contribution in [1.29, 1.82) is 0 Å². The monoisotopic (exact) mass is 345 g/mol. The Bertz CT molecular complexity index is 649. The van der Waals surface area contributed by atoms with Crippen LogP contribution in [0.5, 0.6) is 0 Å². The number of carbonyl (C=O) groups is 1. The highest BCUT2D eigenvalue weighted by molar-refractivity contribution is 5.75. The molecule has 0 unspecified atom stereocenters. The molecule has 2 N–H and O–H groups in total. The molecule has 1 amide bonds. The summed E-state index contributed by atoms with van der Waals surface area (Å²) in [5, 5.41) is 10.1. The van der Waals surface area contributed by atoms with Gasteiger partial charge in [0.15, 0.2) is 5.82 Å². The fraction of sp³-hybridized carbons (Fsp3) is 0.556. The van der Waals surface area contributed by atoms with Crippen molar-refractivity contribution in [3.63, 3.8) is 0 Å². The zero-order chi connectivity index (χ0) is 18.1. The maximum atomic E-state index is 11.8. The first-order valence-electron chi connectivity index (χ1n) is 8.70. The number of nitrogens with zero attached hydrogens (tertiary/aromatic N) is 3. The first-order valence-corrected chi connectivity index (χ1v) is 8.70. The second-order valence-electron chi connectivity index (χ2n) is 6.96. The molecule has 0 saturated heterocycles. The second-order valence-corrected chi connectivity index (χ2v) is 6.96. The minimum atomic E-state index is -0.123. The molecule has 0 fully saturated rings. The molecule has 0 aromatic carbocycles. The molecular weight excluding hydrogens is 318 g/mol. The molecule has 2 rings (SSSR count). The molecule has 0 saturated carbocycles. The van der Waals surface area contributed by atoms with Crippen molar-refractivity contribution in [3.05, 3.63) is 36.1 Å². The maximum Gasteiger partial charge on any atom is 0.226 e. The Kier molecular flexibility index (Phi) is 6.91. The molecule has 2 heterocycles. The van der Waals surface area contributed by atoms with E-state index in [0.717, 1.165) is 18.8 Å². The van der Waals surface area contributed by atoms with Crippen molar-refractivity contribution in [2.24, 2.45) is 0 Å². The van der Waals surface area contributed by atoms with Gasteiger partial charge in [0.25, 0.3) is 0 Å². The van der Waals surface area contributed by atoms with E-state index < -0.39 is 0 Å². The Morgan fingerprint density at radius 3 is 2.72 bits per heavy atom. The van der Waals surface area contributed by atoms with E-state index in [4.69, 9.17) is 4.52 Å². The van der Waals surface area contributed by atoms with Gasteiger partial charge >= 0.3 is 0 Å². The molecular formula is C18H27N5O2. The number of aryl methyl sites for hydroxylation is 1. The van der Waals surface area contributed by atoms with E-state index in [2.05, 4.69) is 25.8 Å². The molecule has 0 aliphatic heterocycles. The van der Waals surface area contributed by atoms with Crippen molar-refractivity contribution >= 4 is 11.7 Å². The summed E-state index contributed by atoms with van der Waals surface area (Å²) in [5.41, 5.74) is -0.123. The van der Waals surface area contributed by atoms with E-state index in [-0.39, 0.29) is 11.3 Å². The summed E-state index contributed by atoms with van der Waals surface area (Å²) in [7, 11) is 0. The first kappa shape index (κ1) is 18.9. The lowest BCUT2D eigenvalue weighted by Crippen LogP contribution is -2.25. The maximum absolute atomic E-state index is 11.8. The number of amides is 1. The van der Waals surface area contributed by atoms with Crippen LogP contribution in [-0.2, 0) is 16.6 Å². The molecule has 0 bridgehead atoms. The van der Waals surface area contributed by atoms with E-state index >= 15 is 0 Å². The van der Waals surface area contributed by atoms with Gasteiger partial charge in [0.2, 0.25) is 11.8 Å². The van der Waals surface area contributed by atoms with Gasteiger partial charge in [-0.3, -0.25) is 4.79 Å². The van der Waals surface area contributed by atoms with Gasteiger partial charge in [-0.2, -0.15) is 4.98 Å². The van der Waals surface area contributed by atoms with Crippen molar-refractivity contribution < 1.29 is 9.32 Å². The minimum absolute atomic E-state index is 0.0494. The van der Waals surface area contributed by atoms with E-state index in [1.165, 1.54) is 0 Å². The Hall–Kier alpha value is -2.44. The van der Waals surface area contributed by atoms with Gasteiger partial charge in [0.1, 0.15) is 5.82 Å². The highest BCUT2D eigenvalue weighted by Gasteiger charge is 2.20. The Labute approximate surface area is 148 Å².